The van der Waals surface area contributed by atoms with Gasteiger partial charge in [-0.1, -0.05) is 13.0 Å². The quantitative estimate of drug-likeness (QED) is 0.402. The van der Waals surface area contributed by atoms with Crippen LogP contribution in [0.15, 0.2) is 53.3 Å². The first-order valence-electron chi connectivity index (χ1n) is 13.4. The highest BCUT2D eigenvalue weighted by molar-refractivity contribution is 5.80. The average Bonchev–Trinajstić information content (AvgIpc) is 3.63. The van der Waals surface area contributed by atoms with E-state index in [1.54, 1.807) is 4.68 Å². The van der Waals surface area contributed by atoms with Crippen molar-refractivity contribution in [3.8, 4) is 0 Å². The van der Waals surface area contributed by atoms with Crippen molar-refractivity contribution >= 4 is 16.6 Å². The Hall–Kier alpha value is -3.63. The number of benzene rings is 2. The highest BCUT2D eigenvalue weighted by Crippen LogP contribution is 2.30. The molecular weight excluding hydrogens is 485 g/mol. The summed E-state index contributed by atoms with van der Waals surface area (Å²) in [5.74, 6) is 0.402. The number of piperazine rings is 1. The van der Waals surface area contributed by atoms with Crippen LogP contribution in [0.2, 0.25) is 0 Å². The predicted octanol–water partition coefficient (Wildman–Crippen LogP) is 3.31. The summed E-state index contributed by atoms with van der Waals surface area (Å²) in [7, 11) is 0. The fourth-order valence-corrected chi connectivity index (χ4v) is 5.60. The molecule has 0 saturated carbocycles. The van der Waals surface area contributed by atoms with Gasteiger partial charge in [0.2, 0.25) is 0 Å². The van der Waals surface area contributed by atoms with Crippen LogP contribution >= 0.6 is 0 Å². The number of tetrazole rings is 1. The Morgan fingerprint density at radius 3 is 2.66 bits per heavy atom. The van der Waals surface area contributed by atoms with E-state index in [4.69, 9.17) is 4.74 Å². The molecule has 0 aliphatic carbocycles. The highest BCUT2D eigenvalue weighted by Gasteiger charge is 2.33. The molecular formula is C28H32FN7O2. The molecule has 0 spiro atoms. The molecule has 0 unspecified atom stereocenters. The molecule has 38 heavy (non-hydrogen) atoms. The van der Waals surface area contributed by atoms with E-state index in [1.165, 1.54) is 17.7 Å². The maximum atomic E-state index is 13.5. The van der Waals surface area contributed by atoms with Gasteiger partial charge >= 0.3 is 0 Å². The number of nitrogens with zero attached hydrogens (tertiary/aromatic N) is 6. The molecule has 2 aromatic carbocycles. The zero-order valence-electron chi connectivity index (χ0n) is 21.5. The summed E-state index contributed by atoms with van der Waals surface area (Å²) in [6.45, 7) is 6.29. The summed E-state index contributed by atoms with van der Waals surface area (Å²) in [5, 5.41) is 13.8. The van der Waals surface area contributed by atoms with Gasteiger partial charge in [0.15, 0.2) is 5.82 Å². The minimum absolute atomic E-state index is 0.0650. The second-order valence-electron chi connectivity index (χ2n) is 10.1. The van der Waals surface area contributed by atoms with Gasteiger partial charge in [0.25, 0.3) is 5.56 Å². The number of hydrogen-bond acceptors (Lipinski definition) is 7. The summed E-state index contributed by atoms with van der Waals surface area (Å²) >= 11 is 0. The van der Waals surface area contributed by atoms with Gasteiger partial charge in [0.1, 0.15) is 11.9 Å². The van der Waals surface area contributed by atoms with Crippen molar-refractivity contribution < 1.29 is 9.13 Å². The molecule has 198 valence electrons. The molecule has 9 nitrogen and oxygen atoms in total. The maximum Gasteiger partial charge on any atom is 0.253 e. The first-order chi connectivity index (χ1) is 18.6. The summed E-state index contributed by atoms with van der Waals surface area (Å²) in [6, 6.07) is 14.3. The van der Waals surface area contributed by atoms with Gasteiger partial charge < -0.3 is 14.6 Å². The van der Waals surface area contributed by atoms with Crippen LogP contribution < -0.4 is 10.5 Å². The number of nitrogens with one attached hydrogen (secondary N) is 1. The second-order valence-corrected chi connectivity index (χ2v) is 10.1. The topological polar surface area (TPSA) is 92.2 Å². The fraction of sp³-hybridized carbons (Fsp3) is 0.429. The Morgan fingerprint density at radius 1 is 1.11 bits per heavy atom. The third-order valence-electron chi connectivity index (χ3n) is 7.72. The first-order valence-corrected chi connectivity index (χ1v) is 13.4. The summed E-state index contributed by atoms with van der Waals surface area (Å²) in [4.78, 5) is 21.1. The van der Waals surface area contributed by atoms with Crippen LogP contribution in [-0.2, 0) is 17.7 Å². The molecule has 6 rings (SSSR count). The van der Waals surface area contributed by atoms with Crippen molar-refractivity contribution in [2.75, 3.05) is 37.7 Å². The van der Waals surface area contributed by atoms with Crippen LogP contribution in [0.4, 0.5) is 10.1 Å². The lowest BCUT2D eigenvalue weighted by Crippen LogP contribution is -2.49. The Kier molecular flexibility index (Phi) is 6.90. The van der Waals surface area contributed by atoms with E-state index in [0.29, 0.717) is 31.0 Å². The van der Waals surface area contributed by atoms with Crippen molar-refractivity contribution in [1.29, 1.82) is 0 Å². The van der Waals surface area contributed by atoms with Gasteiger partial charge in [-0.2, -0.15) is 0 Å². The third-order valence-corrected chi connectivity index (χ3v) is 7.72. The van der Waals surface area contributed by atoms with E-state index >= 15 is 0 Å². The molecule has 4 heterocycles. The van der Waals surface area contributed by atoms with Crippen LogP contribution in [-0.4, -0.2) is 69.0 Å². The zero-order chi connectivity index (χ0) is 26.1. The van der Waals surface area contributed by atoms with Crippen LogP contribution in [0, 0.1) is 5.82 Å². The number of rotatable bonds is 7. The van der Waals surface area contributed by atoms with Gasteiger partial charge in [0, 0.05) is 49.6 Å². The molecule has 1 N–H and O–H groups in total. The molecule has 2 aromatic heterocycles. The lowest BCUT2D eigenvalue weighted by atomic mass is 10.0. The Bertz CT molecular complexity index is 1450. The minimum atomic E-state index is -0.416. The van der Waals surface area contributed by atoms with E-state index in [1.807, 2.05) is 30.3 Å². The van der Waals surface area contributed by atoms with Crippen molar-refractivity contribution in [2.24, 2.45) is 0 Å². The normalized spacial score (nSPS) is 19.3. The zero-order valence-corrected chi connectivity index (χ0v) is 21.5. The number of halogens is 1. The largest absolute Gasteiger partial charge is 0.376 e. The van der Waals surface area contributed by atoms with E-state index in [9.17, 15) is 9.18 Å². The Balaban J connectivity index is 1.36. The molecule has 0 amide bonds. The molecule has 2 aliphatic rings. The molecule has 0 radical (unpaired) electrons. The number of hydrogen-bond donors (Lipinski definition) is 1. The van der Waals surface area contributed by atoms with Gasteiger partial charge in [-0.25, -0.2) is 9.07 Å². The summed E-state index contributed by atoms with van der Waals surface area (Å²) < 4.78 is 21.1. The van der Waals surface area contributed by atoms with Crippen molar-refractivity contribution in [3.63, 3.8) is 0 Å². The molecule has 10 heteroatoms. The summed E-state index contributed by atoms with van der Waals surface area (Å²) in [6.07, 6.45) is 2.98. The third kappa shape index (κ3) is 4.93. The molecule has 0 bridgehead atoms. The Morgan fingerprint density at radius 2 is 1.92 bits per heavy atom. The SMILES string of the molecule is CCc1ccc2[nH]c(=O)c([C@H](c3nnnn3C[C@H]3CCCO3)N3CCN(c4ccc(F)cc4)CC3)cc2c1. The van der Waals surface area contributed by atoms with E-state index in [2.05, 4.69) is 43.3 Å². The lowest BCUT2D eigenvalue weighted by molar-refractivity contribution is 0.0906. The maximum absolute atomic E-state index is 13.5. The number of fused-ring (bicyclic) bond motifs is 1. The van der Waals surface area contributed by atoms with E-state index < -0.39 is 6.04 Å². The van der Waals surface area contributed by atoms with Crippen molar-refractivity contribution in [2.45, 2.75) is 44.9 Å². The van der Waals surface area contributed by atoms with Crippen LogP contribution in [0.5, 0.6) is 0 Å². The number of aromatic amines is 1. The number of H-pyrrole nitrogens is 1. The van der Waals surface area contributed by atoms with Crippen LogP contribution in [0.25, 0.3) is 10.9 Å². The summed E-state index contributed by atoms with van der Waals surface area (Å²) in [5.41, 5.74) is 3.50. The monoisotopic (exact) mass is 517 g/mol. The van der Waals surface area contributed by atoms with Gasteiger partial charge in [-0.3, -0.25) is 9.69 Å². The second kappa shape index (κ2) is 10.6. The molecule has 2 saturated heterocycles. The smallest absolute Gasteiger partial charge is 0.253 e. The van der Waals surface area contributed by atoms with E-state index in [0.717, 1.165) is 55.5 Å². The van der Waals surface area contributed by atoms with Gasteiger partial charge in [-0.05, 0) is 83.1 Å². The van der Waals surface area contributed by atoms with Crippen LogP contribution in [0.3, 0.4) is 0 Å². The predicted molar refractivity (Wildman–Crippen MR) is 143 cm³/mol. The fourth-order valence-electron chi connectivity index (χ4n) is 5.60. The van der Waals surface area contributed by atoms with Gasteiger partial charge in [0.05, 0.1) is 12.6 Å². The van der Waals surface area contributed by atoms with Crippen molar-refractivity contribution in [1.82, 2.24) is 30.1 Å². The highest BCUT2D eigenvalue weighted by atomic mass is 19.1. The average molecular weight is 518 g/mol. The number of aryl methyl sites for hydroxylation is 1. The van der Waals surface area contributed by atoms with Crippen molar-refractivity contribution in [3.05, 3.63) is 81.7 Å². The van der Waals surface area contributed by atoms with E-state index in [-0.39, 0.29) is 17.5 Å². The van der Waals surface area contributed by atoms with Crippen LogP contribution in [0.1, 0.15) is 42.8 Å². The minimum Gasteiger partial charge on any atom is -0.376 e. The number of anilines is 1. The molecule has 2 aliphatic heterocycles. The number of aromatic nitrogens is 5. The molecule has 2 fully saturated rings. The van der Waals surface area contributed by atoms with Gasteiger partial charge in [-0.15, -0.1) is 5.10 Å². The lowest BCUT2D eigenvalue weighted by Gasteiger charge is -2.39. The molecule has 4 aromatic rings. The number of pyridine rings is 1. The number of ether oxygens (including phenoxy) is 1. The molecule has 2 atom stereocenters. The first kappa shape index (κ1) is 24.7. The Labute approximate surface area is 220 Å². The standard InChI is InChI=1S/C28H32FN7O2/c1-2-19-5-10-25-20(16-19)17-24(28(37)30-25)26(27-31-32-33-36(27)18-23-4-3-15-38-23)35-13-11-34(12-14-35)22-8-6-21(29)7-9-22/h5-10,16-17,23,26H,2-4,11-15,18H2,1H3,(H,30,37)/t23-,26-/m1/s1.